The SMILES string of the molecule is C.C.C.CC(C)c1cccc(Br)c1.CSc1ccc(NC(=O)NC(C)C)cc1.[Y]. The monoisotopic (exact) mass is 559 g/mol. The third-order valence-corrected chi connectivity index (χ3v) is 4.52. The van der Waals surface area contributed by atoms with E-state index in [4.69, 9.17) is 0 Å². The van der Waals surface area contributed by atoms with Gasteiger partial charge in [0.15, 0.2) is 0 Å². The predicted molar refractivity (Wildman–Crippen MR) is 134 cm³/mol. The molecule has 0 aromatic heterocycles. The molecule has 0 atom stereocenters. The maximum Gasteiger partial charge on any atom is 0.319 e. The van der Waals surface area contributed by atoms with Crippen LogP contribution in [0, 0.1) is 0 Å². The number of nitrogens with one attached hydrogen (secondary N) is 2. The summed E-state index contributed by atoms with van der Waals surface area (Å²) in [6.45, 7) is 8.25. The number of carbonyl (C=O) groups is 1. The van der Waals surface area contributed by atoms with Crippen molar-refractivity contribution in [2.24, 2.45) is 0 Å². The van der Waals surface area contributed by atoms with Gasteiger partial charge in [-0.25, -0.2) is 4.79 Å². The Morgan fingerprint density at radius 2 is 1.52 bits per heavy atom. The van der Waals surface area contributed by atoms with Crippen LogP contribution in [0.25, 0.3) is 0 Å². The molecule has 0 fully saturated rings. The van der Waals surface area contributed by atoms with Crippen molar-refractivity contribution in [3.8, 4) is 0 Å². The van der Waals surface area contributed by atoms with Crippen LogP contribution in [0.2, 0.25) is 0 Å². The Kier molecular flexibility index (Phi) is 24.4. The minimum Gasteiger partial charge on any atom is -0.336 e. The van der Waals surface area contributed by atoms with Crippen molar-refractivity contribution in [1.29, 1.82) is 0 Å². The van der Waals surface area contributed by atoms with E-state index in [-0.39, 0.29) is 67.1 Å². The summed E-state index contributed by atoms with van der Waals surface area (Å²) in [5, 5.41) is 5.53. The standard InChI is InChI=1S/C11H16N2OS.C9H11Br.3CH4.Y/c1-8(2)12-11(14)13-9-4-6-10(15-3)7-5-9;1-7(2)8-4-3-5-9(10)6-8;;;;/h4-8H,1-3H3,(H2,12,13,14);3-7H,1-2H3;3*1H4;. The van der Waals surface area contributed by atoms with Gasteiger partial charge in [-0.2, -0.15) is 0 Å². The summed E-state index contributed by atoms with van der Waals surface area (Å²) in [5.74, 6) is 0.623. The normalized spacial score (nSPS) is 8.83. The number of thioether (sulfide) groups is 1. The molecule has 0 unspecified atom stereocenters. The first-order chi connectivity index (χ1) is 11.8. The van der Waals surface area contributed by atoms with E-state index in [9.17, 15) is 4.79 Å². The first kappa shape index (κ1) is 36.0. The largest absolute Gasteiger partial charge is 0.336 e. The number of anilines is 1. The Hall–Kier alpha value is -0.356. The molecule has 2 aromatic rings. The van der Waals surface area contributed by atoms with Gasteiger partial charge in [0.1, 0.15) is 0 Å². The van der Waals surface area contributed by atoms with E-state index in [0.717, 1.165) is 5.69 Å². The van der Waals surface area contributed by atoms with Crippen LogP contribution >= 0.6 is 27.7 Å². The fraction of sp³-hybridized carbons (Fsp3) is 0.435. The quantitative estimate of drug-likeness (QED) is 0.369. The minimum absolute atomic E-state index is 0. The van der Waals surface area contributed by atoms with E-state index in [0.29, 0.717) is 5.92 Å². The zero-order chi connectivity index (χ0) is 18.8. The van der Waals surface area contributed by atoms with Crippen LogP contribution < -0.4 is 10.6 Å². The van der Waals surface area contributed by atoms with Crippen molar-refractivity contribution < 1.29 is 37.5 Å². The van der Waals surface area contributed by atoms with Crippen molar-refractivity contribution in [3.05, 3.63) is 58.6 Å². The molecule has 2 N–H and O–H groups in total. The molecule has 0 aliphatic rings. The van der Waals surface area contributed by atoms with Gasteiger partial charge in [-0.3, -0.25) is 0 Å². The van der Waals surface area contributed by atoms with Gasteiger partial charge >= 0.3 is 6.03 Å². The fourth-order valence-electron chi connectivity index (χ4n) is 1.97. The average Bonchev–Trinajstić information content (AvgIpc) is 2.55. The summed E-state index contributed by atoms with van der Waals surface area (Å²) < 4.78 is 1.17. The summed E-state index contributed by atoms with van der Waals surface area (Å²) in [6.07, 6.45) is 2.02. The van der Waals surface area contributed by atoms with Crippen molar-refractivity contribution in [3.63, 3.8) is 0 Å². The van der Waals surface area contributed by atoms with Crippen molar-refractivity contribution in [1.82, 2.24) is 5.32 Å². The van der Waals surface area contributed by atoms with Crippen LogP contribution in [0.1, 0.15) is 61.5 Å². The second-order valence-corrected chi connectivity index (χ2v) is 7.99. The Labute approximate surface area is 217 Å². The number of carbonyl (C=O) groups excluding carboxylic acids is 1. The van der Waals surface area contributed by atoms with Gasteiger partial charge in [0.05, 0.1) is 0 Å². The molecule has 0 saturated heterocycles. The second kappa shape index (κ2) is 19.6. The molecule has 163 valence electrons. The molecule has 1 radical (unpaired) electrons. The molecule has 0 bridgehead atoms. The molecule has 0 aliphatic carbocycles. The van der Waals surface area contributed by atoms with Gasteiger partial charge in [-0.1, -0.05) is 64.2 Å². The van der Waals surface area contributed by atoms with E-state index in [1.54, 1.807) is 11.8 Å². The van der Waals surface area contributed by atoms with Crippen molar-refractivity contribution in [2.75, 3.05) is 11.6 Å². The number of hydrogen-bond donors (Lipinski definition) is 2. The van der Waals surface area contributed by atoms with Gasteiger partial charge < -0.3 is 10.6 Å². The third kappa shape index (κ3) is 16.1. The van der Waals surface area contributed by atoms with Gasteiger partial charge in [-0.05, 0) is 68.0 Å². The van der Waals surface area contributed by atoms with Gasteiger partial charge in [0, 0.05) is 53.8 Å². The third-order valence-electron chi connectivity index (χ3n) is 3.28. The van der Waals surface area contributed by atoms with Gasteiger partial charge in [0.2, 0.25) is 0 Å². The average molecular weight is 560 g/mol. The summed E-state index contributed by atoms with van der Waals surface area (Å²) in [7, 11) is 0. The van der Waals surface area contributed by atoms with Gasteiger partial charge in [-0.15, -0.1) is 11.8 Å². The molecular formula is C23H39BrN2OSY. The molecule has 2 rings (SSSR count). The summed E-state index contributed by atoms with van der Waals surface area (Å²) in [5.41, 5.74) is 2.19. The molecule has 2 aromatic carbocycles. The minimum atomic E-state index is -0.165. The molecule has 0 saturated carbocycles. The number of hydrogen-bond acceptors (Lipinski definition) is 2. The first-order valence-electron chi connectivity index (χ1n) is 8.28. The topological polar surface area (TPSA) is 41.1 Å². The van der Waals surface area contributed by atoms with Gasteiger partial charge in [0.25, 0.3) is 0 Å². The predicted octanol–water partition coefficient (Wildman–Crippen LogP) is 8.42. The van der Waals surface area contributed by atoms with Crippen LogP contribution in [0.4, 0.5) is 10.5 Å². The molecule has 0 aliphatic heterocycles. The van der Waals surface area contributed by atoms with Crippen LogP contribution in [-0.4, -0.2) is 18.3 Å². The smallest absolute Gasteiger partial charge is 0.319 e. The number of benzene rings is 2. The van der Waals surface area contributed by atoms with Crippen molar-refractivity contribution in [2.45, 2.75) is 66.8 Å². The maximum atomic E-state index is 11.3. The second-order valence-electron chi connectivity index (χ2n) is 6.19. The Morgan fingerprint density at radius 3 is 1.90 bits per heavy atom. The van der Waals surface area contributed by atoms with E-state index < -0.39 is 0 Å². The number of amides is 2. The first-order valence-corrected chi connectivity index (χ1v) is 10.3. The van der Waals surface area contributed by atoms with E-state index in [1.165, 1.54) is 14.9 Å². The molecular weight excluding hydrogens is 521 g/mol. The van der Waals surface area contributed by atoms with E-state index in [2.05, 4.69) is 58.6 Å². The van der Waals surface area contributed by atoms with Crippen LogP contribution in [-0.2, 0) is 32.7 Å². The molecule has 3 nitrogen and oxygen atoms in total. The summed E-state index contributed by atoms with van der Waals surface area (Å²) in [6, 6.07) is 16.2. The molecule has 0 spiro atoms. The molecule has 0 heterocycles. The summed E-state index contributed by atoms with van der Waals surface area (Å²) >= 11 is 5.11. The molecule has 29 heavy (non-hydrogen) atoms. The Bertz CT molecular complexity index is 664. The zero-order valence-corrected chi connectivity index (χ0v) is 21.3. The number of rotatable bonds is 4. The summed E-state index contributed by atoms with van der Waals surface area (Å²) in [4.78, 5) is 12.5. The number of urea groups is 1. The Balaban J connectivity index is -0.000000200. The van der Waals surface area contributed by atoms with Crippen LogP contribution in [0.3, 0.4) is 0 Å². The van der Waals surface area contributed by atoms with E-state index >= 15 is 0 Å². The van der Waals surface area contributed by atoms with Crippen molar-refractivity contribution >= 4 is 39.4 Å². The van der Waals surface area contributed by atoms with E-state index in [1.807, 2.05) is 50.4 Å². The van der Waals surface area contributed by atoms with Crippen LogP contribution in [0.15, 0.2) is 57.9 Å². The molecule has 6 heteroatoms. The molecule has 2 amide bonds. The Morgan fingerprint density at radius 1 is 0.966 bits per heavy atom. The van der Waals surface area contributed by atoms with Crippen LogP contribution in [0.5, 0.6) is 0 Å². The fourth-order valence-corrected chi connectivity index (χ4v) is 2.79. The zero-order valence-electron chi connectivity index (χ0n) is 16.0. The number of halogens is 1. The maximum absolute atomic E-state index is 11.3.